The Kier molecular flexibility index (Phi) is 10.7. The van der Waals surface area contributed by atoms with Gasteiger partial charge in [0.25, 0.3) is 0 Å². The smallest absolute Gasteiger partial charge is 0.227 e. The molecule has 9 nitrogen and oxygen atoms in total. The molecule has 1 saturated carbocycles. The van der Waals surface area contributed by atoms with E-state index in [1.807, 2.05) is 130 Å². The molecule has 3 aromatic heterocycles. The maximum atomic E-state index is 13.9. The minimum absolute atomic E-state index is 0.256. The summed E-state index contributed by atoms with van der Waals surface area (Å²) in [7, 11) is 0. The summed E-state index contributed by atoms with van der Waals surface area (Å²) in [6.45, 7) is 5.87. The lowest BCUT2D eigenvalue weighted by molar-refractivity contribution is -0.129. The van der Waals surface area contributed by atoms with E-state index in [-0.39, 0.29) is 37.0 Å². The Morgan fingerprint density at radius 1 is 0.444 bits per heavy atom. The Labute approximate surface area is 315 Å². The number of aryl methyl sites for hydroxylation is 3. The summed E-state index contributed by atoms with van der Waals surface area (Å²) in [6.07, 6.45) is 5.80. The number of amides is 3. The zero-order chi connectivity index (χ0) is 37.6. The van der Waals surface area contributed by atoms with Crippen molar-refractivity contribution < 1.29 is 14.4 Å². The van der Waals surface area contributed by atoms with Gasteiger partial charge in [-0.3, -0.25) is 29.3 Å². The van der Waals surface area contributed by atoms with Crippen LogP contribution in [0.15, 0.2) is 128 Å². The van der Waals surface area contributed by atoms with E-state index < -0.39 is 17.8 Å². The van der Waals surface area contributed by atoms with Crippen molar-refractivity contribution in [3.05, 3.63) is 144 Å². The molecule has 1 fully saturated rings. The SMILES string of the molecule is Cc1cc(NC(=O)C2CC(C(=O)Nc3cnc(-c4ccccc4)c(C)c3)CC(C(=O)Nc3cnc(-c4ccccc4)c(C)c3)C2)cnc1-c1ccccc1. The average Bonchev–Trinajstić information content (AvgIpc) is 3.19. The number of hydrogen-bond donors (Lipinski definition) is 3. The molecule has 9 heteroatoms. The molecular weight excluding hydrogens is 673 g/mol. The highest BCUT2D eigenvalue weighted by atomic mass is 16.2. The van der Waals surface area contributed by atoms with Crippen LogP contribution in [0.2, 0.25) is 0 Å². The molecule has 6 aromatic rings. The number of pyridine rings is 3. The molecule has 54 heavy (non-hydrogen) atoms. The molecule has 270 valence electrons. The lowest BCUT2D eigenvalue weighted by Crippen LogP contribution is -2.40. The first-order chi connectivity index (χ1) is 26.2. The summed E-state index contributed by atoms with van der Waals surface area (Å²) in [4.78, 5) is 55.6. The Bertz CT molecular complexity index is 2030. The van der Waals surface area contributed by atoms with Crippen LogP contribution >= 0.6 is 0 Å². The second kappa shape index (κ2) is 16.0. The van der Waals surface area contributed by atoms with E-state index in [0.717, 1.165) is 50.5 Å². The molecule has 0 aliphatic heterocycles. The number of aromatic nitrogens is 3. The molecule has 7 rings (SSSR count). The maximum Gasteiger partial charge on any atom is 0.227 e. The lowest BCUT2D eigenvalue weighted by atomic mass is 9.74. The van der Waals surface area contributed by atoms with E-state index in [1.165, 1.54) is 0 Å². The molecule has 0 saturated heterocycles. The van der Waals surface area contributed by atoms with E-state index in [9.17, 15) is 14.4 Å². The van der Waals surface area contributed by atoms with Gasteiger partial charge in [-0.25, -0.2) is 0 Å². The standard InChI is InChI=1S/C45H42N6O3/c1-28-19-37(25-46-40(28)31-13-7-4-8-14-31)49-43(52)34-22-35(44(53)50-38-20-29(2)41(47-26-38)32-15-9-5-10-16-32)24-36(23-34)45(54)51-39-21-30(3)42(48-27-39)33-17-11-6-12-18-33/h4-21,25-27,34-36H,22-24H2,1-3H3,(H,49,52)(H,50,53)(H,51,54). The fourth-order valence-corrected chi connectivity index (χ4v) is 7.32. The van der Waals surface area contributed by atoms with E-state index in [1.54, 1.807) is 18.6 Å². The van der Waals surface area contributed by atoms with Crippen molar-refractivity contribution in [3.8, 4) is 33.8 Å². The van der Waals surface area contributed by atoms with Crippen LogP contribution in [0.25, 0.3) is 33.8 Å². The van der Waals surface area contributed by atoms with Crippen LogP contribution in [0.3, 0.4) is 0 Å². The van der Waals surface area contributed by atoms with Crippen LogP contribution in [-0.4, -0.2) is 32.7 Å². The van der Waals surface area contributed by atoms with Crippen molar-refractivity contribution in [1.29, 1.82) is 0 Å². The summed E-state index contributed by atoms with van der Waals surface area (Å²) in [5.41, 5.74) is 9.91. The second-order valence-corrected chi connectivity index (χ2v) is 14.0. The minimum Gasteiger partial charge on any atom is -0.324 e. The average molecular weight is 715 g/mol. The zero-order valence-corrected chi connectivity index (χ0v) is 30.5. The summed E-state index contributed by atoms with van der Waals surface area (Å²) in [5.74, 6) is -2.56. The summed E-state index contributed by atoms with van der Waals surface area (Å²) in [5, 5.41) is 9.07. The van der Waals surface area contributed by atoms with E-state index in [0.29, 0.717) is 17.1 Å². The second-order valence-electron chi connectivity index (χ2n) is 14.0. The van der Waals surface area contributed by atoms with Crippen molar-refractivity contribution in [1.82, 2.24) is 15.0 Å². The zero-order valence-electron chi connectivity index (χ0n) is 30.5. The predicted molar refractivity (Wildman–Crippen MR) is 213 cm³/mol. The topological polar surface area (TPSA) is 126 Å². The van der Waals surface area contributed by atoms with Gasteiger partial charge in [-0.05, 0) is 74.9 Å². The predicted octanol–water partition coefficient (Wildman–Crippen LogP) is 9.05. The first kappa shape index (κ1) is 35.9. The van der Waals surface area contributed by atoms with Crippen LogP contribution in [0.1, 0.15) is 36.0 Å². The lowest BCUT2D eigenvalue weighted by Gasteiger charge is -2.33. The molecule has 3 amide bonds. The molecule has 1 aliphatic rings. The van der Waals surface area contributed by atoms with Gasteiger partial charge < -0.3 is 16.0 Å². The largest absolute Gasteiger partial charge is 0.324 e. The van der Waals surface area contributed by atoms with Crippen LogP contribution in [0.4, 0.5) is 17.1 Å². The van der Waals surface area contributed by atoms with Gasteiger partial charge in [-0.15, -0.1) is 0 Å². The molecule has 0 spiro atoms. The van der Waals surface area contributed by atoms with Crippen molar-refractivity contribution in [3.63, 3.8) is 0 Å². The minimum atomic E-state index is -0.597. The van der Waals surface area contributed by atoms with Gasteiger partial charge in [0, 0.05) is 34.4 Å². The summed E-state index contributed by atoms with van der Waals surface area (Å²) in [6, 6.07) is 35.3. The molecule has 0 unspecified atom stereocenters. The van der Waals surface area contributed by atoms with Crippen LogP contribution in [0, 0.1) is 38.5 Å². The molecule has 0 atom stereocenters. The Balaban J connectivity index is 1.09. The fraction of sp³-hybridized carbons (Fsp3) is 0.200. The van der Waals surface area contributed by atoms with Crippen LogP contribution in [-0.2, 0) is 14.4 Å². The maximum absolute atomic E-state index is 13.9. The molecule has 0 radical (unpaired) electrons. The third-order valence-electron chi connectivity index (χ3n) is 10.00. The molecule has 3 aromatic carbocycles. The van der Waals surface area contributed by atoms with Gasteiger partial charge >= 0.3 is 0 Å². The van der Waals surface area contributed by atoms with Crippen LogP contribution in [0.5, 0.6) is 0 Å². The number of carbonyl (C=O) groups excluding carboxylic acids is 3. The quantitative estimate of drug-likeness (QED) is 0.137. The van der Waals surface area contributed by atoms with Crippen molar-refractivity contribution in [2.75, 3.05) is 16.0 Å². The van der Waals surface area contributed by atoms with Crippen molar-refractivity contribution in [2.45, 2.75) is 40.0 Å². The molecule has 1 aliphatic carbocycles. The van der Waals surface area contributed by atoms with Gasteiger partial charge in [-0.2, -0.15) is 0 Å². The van der Waals surface area contributed by atoms with E-state index in [2.05, 4.69) is 30.9 Å². The van der Waals surface area contributed by atoms with E-state index in [4.69, 9.17) is 0 Å². The van der Waals surface area contributed by atoms with Gasteiger partial charge in [0.2, 0.25) is 17.7 Å². The number of anilines is 3. The first-order valence-electron chi connectivity index (χ1n) is 18.2. The number of nitrogens with zero attached hydrogens (tertiary/aromatic N) is 3. The number of benzene rings is 3. The number of hydrogen-bond acceptors (Lipinski definition) is 6. The van der Waals surface area contributed by atoms with Crippen molar-refractivity contribution >= 4 is 34.8 Å². The number of rotatable bonds is 9. The first-order valence-corrected chi connectivity index (χ1v) is 18.2. The highest BCUT2D eigenvalue weighted by molar-refractivity contribution is 5.98. The number of nitrogens with one attached hydrogen (secondary N) is 3. The normalized spacial score (nSPS) is 16.6. The third kappa shape index (κ3) is 8.26. The molecule has 3 heterocycles. The fourth-order valence-electron chi connectivity index (χ4n) is 7.32. The molecular formula is C45H42N6O3. The van der Waals surface area contributed by atoms with Gasteiger partial charge in [-0.1, -0.05) is 91.0 Å². The van der Waals surface area contributed by atoms with E-state index >= 15 is 0 Å². The highest BCUT2D eigenvalue weighted by Gasteiger charge is 2.39. The monoisotopic (exact) mass is 714 g/mol. The van der Waals surface area contributed by atoms with Gasteiger partial charge in [0.1, 0.15) is 0 Å². The van der Waals surface area contributed by atoms with Gasteiger partial charge in [0.15, 0.2) is 0 Å². The van der Waals surface area contributed by atoms with Gasteiger partial charge in [0.05, 0.1) is 52.7 Å². The third-order valence-corrected chi connectivity index (χ3v) is 10.00. The molecule has 3 N–H and O–H groups in total. The highest BCUT2D eigenvalue weighted by Crippen LogP contribution is 2.37. The Morgan fingerprint density at radius 3 is 0.944 bits per heavy atom. The number of carbonyl (C=O) groups is 3. The Morgan fingerprint density at radius 2 is 0.704 bits per heavy atom. The summed E-state index contributed by atoms with van der Waals surface area (Å²) < 4.78 is 0. The van der Waals surface area contributed by atoms with Crippen LogP contribution < -0.4 is 16.0 Å². The summed E-state index contributed by atoms with van der Waals surface area (Å²) >= 11 is 0. The molecule has 0 bridgehead atoms. The Hall–Kier alpha value is -6.48. The van der Waals surface area contributed by atoms with Crippen molar-refractivity contribution in [2.24, 2.45) is 17.8 Å².